The van der Waals surface area contributed by atoms with Crippen LogP contribution >= 0.6 is 0 Å². The Kier molecular flexibility index (Phi) is 4.89. The van der Waals surface area contributed by atoms with Gasteiger partial charge in [0.25, 0.3) is 0 Å². The Hall–Kier alpha value is -2.32. The van der Waals surface area contributed by atoms with E-state index in [1.165, 1.54) is 5.32 Å². The van der Waals surface area contributed by atoms with Gasteiger partial charge in [-0.2, -0.15) is 13.2 Å². The van der Waals surface area contributed by atoms with Gasteiger partial charge in [-0.05, 0) is 18.6 Å². The fraction of sp³-hybridized carbons (Fsp3) is 0.364. The quantitative estimate of drug-likeness (QED) is 0.668. The summed E-state index contributed by atoms with van der Waals surface area (Å²) in [4.78, 5) is 20.7. The molecule has 1 N–H and O–H groups in total. The van der Waals surface area contributed by atoms with Gasteiger partial charge in [0.1, 0.15) is 0 Å². The molecule has 0 heterocycles. The number of halogens is 3. The van der Waals surface area contributed by atoms with Gasteiger partial charge >= 0.3 is 17.8 Å². The zero-order valence-electron chi connectivity index (χ0n) is 10.4. The van der Waals surface area contributed by atoms with Crippen LogP contribution in [0.1, 0.15) is 13.3 Å². The molecule has 20 heavy (non-hydrogen) atoms. The van der Waals surface area contributed by atoms with E-state index in [0.717, 1.165) is 18.2 Å². The van der Waals surface area contributed by atoms with E-state index in [4.69, 9.17) is 4.74 Å². The number of benzene rings is 1. The van der Waals surface area contributed by atoms with Crippen molar-refractivity contribution in [2.45, 2.75) is 19.5 Å². The van der Waals surface area contributed by atoms with Crippen LogP contribution in [-0.4, -0.2) is 23.6 Å². The first kappa shape index (κ1) is 15.7. The molecule has 0 bridgehead atoms. The van der Waals surface area contributed by atoms with Crippen LogP contribution in [0.5, 0.6) is 5.75 Å². The summed E-state index contributed by atoms with van der Waals surface area (Å²) in [6.07, 6.45) is -4.45. The lowest BCUT2D eigenvalue weighted by Crippen LogP contribution is -2.29. The van der Waals surface area contributed by atoms with E-state index in [9.17, 15) is 28.1 Å². The van der Waals surface area contributed by atoms with Gasteiger partial charge in [0.15, 0.2) is 5.75 Å². The number of nitro groups is 1. The van der Waals surface area contributed by atoms with E-state index < -0.39 is 22.7 Å². The number of nitro benzene ring substituents is 1. The molecule has 0 radical (unpaired) electrons. The van der Waals surface area contributed by atoms with E-state index in [-0.39, 0.29) is 18.0 Å². The van der Waals surface area contributed by atoms with Crippen molar-refractivity contribution in [2.75, 3.05) is 11.9 Å². The van der Waals surface area contributed by atoms with Crippen molar-refractivity contribution < 1.29 is 27.6 Å². The fourth-order valence-corrected chi connectivity index (χ4v) is 1.27. The molecule has 0 aliphatic rings. The average molecular weight is 292 g/mol. The molecule has 0 aromatic heterocycles. The monoisotopic (exact) mass is 292 g/mol. The molecular weight excluding hydrogens is 281 g/mol. The summed E-state index contributed by atoms with van der Waals surface area (Å²) in [6, 6.07) is 3.05. The van der Waals surface area contributed by atoms with Gasteiger partial charge < -0.3 is 10.1 Å². The van der Waals surface area contributed by atoms with Crippen molar-refractivity contribution >= 4 is 17.3 Å². The molecule has 0 spiro atoms. The van der Waals surface area contributed by atoms with Crippen LogP contribution in [0.25, 0.3) is 0 Å². The summed E-state index contributed by atoms with van der Waals surface area (Å²) < 4.78 is 41.3. The zero-order valence-corrected chi connectivity index (χ0v) is 10.4. The van der Waals surface area contributed by atoms with E-state index in [1.54, 1.807) is 6.92 Å². The maximum absolute atomic E-state index is 12.1. The van der Waals surface area contributed by atoms with Crippen LogP contribution in [0.3, 0.4) is 0 Å². The molecule has 0 atom stereocenters. The minimum Gasteiger partial charge on any atom is -0.487 e. The Bertz CT molecular complexity index is 517. The largest absolute Gasteiger partial charge is 0.487 e. The summed E-state index contributed by atoms with van der Waals surface area (Å²) in [6.45, 7) is 2.03. The van der Waals surface area contributed by atoms with Gasteiger partial charge in [0, 0.05) is 11.8 Å². The van der Waals surface area contributed by atoms with Crippen molar-refractivity contribution in [3.63, 3.8) is 0 Å². The number of ether oxygens (including phenoxy) is 1. The summed E-state index contributed by atoms with van der Waals surface area (Å²) >= 11 is 0. The van der Waals surface area contributed by atoms with Crippen LogP contribution in [0, 0.1) is 10.1 Å². The third-order valence-electron chi connectivity index (χ3n) is 2.13. The standard InChI is InChI=1S/C11H11F3N2O4/c1-2-5-20-9-4-3-7(6-8(9)16(18)19)15-10(17)11(12,13)14/h3-4,6H,2,5H2,1H3,(H,15,17). The van der Waals surface area contributed by atoms with E-state index >= 15 is 0 Å². The maximum Gasteiger partial charge on any atom is 0.471 e. The second kappa shape index (κ2) is 6.22. The SMILES string of the molecule is CCCOc1ccc(NC(=O)C(F)(F)F)cc1[N+](=O)[O-]. The molecule has 0 saturated carbocycles. The number of alkyl halides is 3. The van der Waals surface area contributed by atoms with Crippen LogP contribution in [0.2, 0.25) is 0 Å². The number of nitrogens with zero attached hydrogens (tertiary/aromatic N) is 1. The van der Waals surface area contributed by atoms with Crippen LogP contribution < -0.4 is 10.1 Å². The van der Waals surface area contributed by atoms with Gasteiger partial charge in [0.05, 0.1) is 11.5 Å². The fourth-order valence-electron chi connectivity index (χ4n) is 1.27. The number of carbonyl (C=O) groups is 1. The van der Waals surface area contributed by atoms with Crippen molar-refractivity contribution in [3.05, 3.63) is 28.3 Å². The Morgan fingerprint density at radius 3 is 2.60 bits per heavy atom. The summed E-state index contributed by atoms with van der Waals surface area (Å²) in [5.74, 6) is -2.27. The molecule has 9 heteroatoms. The van der Waals surface area contributed by atoms with E-state index in [1.807, 2.05) is 0 Å². The first-order valence-electron chi connectivity index (χ1n) is 5.55. The van der Waals surface area contributed by atoms with Crippen LogP contribution in [-0.2, 0) is 4.79 Å². The van der Waals surface area contributed by atoms with Crippen LogP contribution in [0.4, 0.5) is 24.5 Å². The molecule has 1 rings (SSSR count). The molecule has 6 nitrogen and oxygen atoms in total. The smallest absolute Gasteiger partial charge is 0.471 e. The summed E-state index contributed by atoms with van der Waals surface area (Å²) in [5, 5.41) is 12.3. The van der Waals surface area contributed by atoms with E-state index in [2.05, 4.69) is 0 Å². The van der Waals surface area contributed by atoms with Gasteiger partial charge in [-0.25, -0.2) is 0 Å². The van der Waals surface area contributed by atoms with Gasteiger partial charge in [-0.3, -0.25) is 14.9 Å². The predicted octanol–water partition coefficient (Wildman–Crippen LogP) is 2.88. The Balaban J connectivity index is 2.99. The Labute approximate surface area is 111 Å². The summed E-state index contributed by atoms with van der Waals surface area (Å²) in [7, 11) is 0. The first-order valence-corrected chi connectivity index (χ1v) is 5.55. The second-order valence-electron chi connectivity index (χ2n) is 3.74. The van der Waals surface area contributed by atoms with E-state index in [0.29, 0.717) is 6.42 Å². The number of rotatable bonds is 5. The minimum atomic E-state index is -5.06. The molecule has 110 valence electrons. The predicted molar refractivity (Wildman–Crippen MR) is 63.6 cm³/mol. The highest BCUT2D eigenvalue weighted by Crippen LogP contribution is 2.30. The number of amides is 1. The molecule has 0 aliphatic carbocycles. The highest BCUT2D eigenvalue weighted by atomic mass is 19.4. The third-order valence-corrected chi connectivity index (χ3v) is 2.13. The van der Waals surface area contributed by atoms with Gasteiger partial charge in [-0.1, -0.05) is 6.92 Å². The van der Waals surface area contributed by atoms with Gasteiger partial charge in [0.2, 0.25) is 0 Å². The lowest BCUT2D eigenvalue weighted by atomic mass is 10.2. The van der Waals surface area contributed by atoms with Crippen LogP contribution in [0.15, 0.2) is 18.2 Å². The molecule has 0 fully saturated rings. The summed E-state index contributed by atoms with van der Waals surface area (Å²) in [5.41, 5.74) is -0.846. The lowest BCUT2D eigenvalue weighted by molar-refractivity contribution is -0.385. The normalized spacial score (nSPS) is 11.0. The molecule has 0 aliphatic heterocycles. The first-order chi connectivity index (χ1) is 9.25. The number of anilines is 1. The highest BCUT2D eigenvalue weighted by Gasteiger charge is 2.38. The second-order valence-corrected chi connectivity index (χ2v) is 3.74. The third kappa shape index (κ3) is 4.11. The number of nitrogens with one attached hydrogen (secondary N) is 1. The van der Waals surface area contributed by atoms with Crippen molar-refractivity contribution in [1.82, 2.24) is 0 Å². The topological polar surface area (TPSA) is 81.5 Å². The molecule has 0 unspecified atom stereocenters. The number of hydrogen-bond donors (Lipinski definition) is 1. The minimum absolute atomic E-state index is 0.0677. The van der Waals surface area contributed by atoms with Crippen molar-refractivity contribution in [2.24, 2.45) is 0 Å². The zero-order chi connectivity index (χ0) is 15.3. The molecule has 1 amide bonds. The lowest BCUT2D eigenvalue weighted by Gasteiger charge is -2.09. The van der Waals surface area contributed by atoms with Crippen molar-refractivity contribution in [1.29, 1.82) is 0 Å². The molecule has 1 aromatic carbocycles. The molecule has 1 aromatic rings. The maximum atomic E-state index is 12.1. The Morgan fingerprint density at radius 2 is 2.10 bits per heavy atom. The average Bonchev–Trinajstić information content (AvgIpc) is 2.35. The van der Waals surface area contributed by atoms with Gasteiger partial charge in [-0.15, -0.1) is 0 Å². The number of carbonyl (C=O) groups excluding carboxylic acids is 1. The number of hydrogen-bond acceptors (Lipinski definition) is 4. The molecule has 0 saturated heterocycles. The molecular formula is C11H11F3N2O4. The highest BCUT2D eigenvalue weighted by molar-refractivity contribution is 5.95. The Morgan fingerprint density at radius 1 is 1.45 bits per heavy atom. The van der Waals surface area contributed by atoms with Crippen molar-refractivity contribution in [3.8, 4) is 5.75 Å².